The first-order valence-corrected chi connectivity index (χ1v) is 8.09. The number of rotatable bonds is 6. The standard InChI is InChI=1S/C11H23N3O4S/c1-3-14(9-10-5-7-12-8-6-10)19(16,17)13-11(15)18-4-2/h10,12H,3-9H2,1-2H3,(H,13,15). The molecule has 0 aliphatic carbocycles. The van der Waals surface area contributed by atoms with Crippen molar-refractivity contribution in [2.45, 2.75) is 26.7 Å². The predicted molar refractivity (Wildman–Crippen MR) is 71.9 cm³/mol. The van der Waals surface area contributed by atoms with E-state index in [2.05, 4.69) is 10.1 Å². The zero-order valence-corrected chi connectivity index (χ0v) is 12.3. The fourth-order valence-electron chi connectivity index (χ4n) is 2.08. The molecule has 0 spiro atoms. The highest BCUT2D eigenvalue weighted by Crippen LogP contribution is 2.15. The van der Waals surface area contributed by atoms with Gasteiger partial charge in [0.25, 0.3) is 0 Å². The maximum atomic E-state index is 12.0. The summed E-state index contributed by atoms with van der Waals surface area (Å²) in [6, 6.07) is 0. The van der Waals surface area contributed by atoms with E-state index in [9.17, 15) is 13.2 Å². The van der Waals surface area contributed by atoms with Gasteiger partial charge >= 0.3 is 16.3 Å². The van der Waals surface area contributed by atoms with Crippen molar-refractivity contribution in [2.75, 3.05) is 32.8 Å². The van der Waals surface area contributed by atoms with Crippen LogP contribution in [-0.2, 0) is 14.9 Å². The van der Waals surface area contributed by atoms with Crippen LogP contribution in [0.1, 0.15) is 26.7 Å². The second-order valence-corrected chi connectivity index (χ2v) is 6.14. The highest BCUT2D eigenvalue weighted by molar-refractivity contribution is 7.87. The van der Waals surface area contributed by atoms with Gasteiger partial charge in [0.2, 0.25) is 0 Å². The van der Waals surface area contributed by atoms with Crippen LogP contribution in [0.4, 0.5) is 4.79 Å². The third-order valence-electron chi connectivity index (χ3n) is 3.10. The van der Waals surface area contributed by atoms with Crippen LogP contribution >= 0.6 is 0 Å². The Morgan fingerprint density at radius 2 is 2.00 bits per heavy atom. The van der Waals surface area contributed by atoms with Crippen molar-refractivity contribution in [2.24, 2.45) is 5.92 Å². The Labute approximate surface area is 114 Å². The number of hydrogen-bond acceptors (Lipinski definition) is 5. The highest BCUT2D eigenvalue weighted by Gasteiger charge is 2.26. The zero-order chi connectivity index (χ0) is 14.3. The van der Waals surface area contributed by atoms with Gasteiger partial charge in [-0.25, -0.2) is 9.52 Å². The molecule has 1 heterocycles. The summed E-state index contributed by atoms with van der Waals surface area (Å²) in [5, 5.41) is 3.24. The van der Waals surface area contributed by atoms with Crippen molar-refractivity contribution in [3.05, 3.63) is 0 Å². The lowest BCUT2D eigenvalue weighted by Crippen LogP contribution is -2.46. The number of carbonyl (C=O) groups is 1. The molecular weight excluding hydrogens is 270 g/mol. The van der Waals surface area contributed by atoms with Crippen molar-refractivity contribution < 1.29 is 17.9 Å². The van der Waals surface area contributed by atoms with Gasteiger partial charge in [-0.3, -0.25) is 0 Å². The van der Waals surface area contributed by atoms with Crippen LogP contribution in [0.2, 0.25) is 0 Å². The molecule has 0 radical (unpaired) electrons. The predicted octanol–water partition coefficient (Wildman–Crippen LogP) is 0.299. The lowest BCUT2D eigenvalue weighted by Gasteiger charge is -2.28. The molecule has 0 aromatic carbocycles. The molecule has 0 bridgehead atoms. The van der Waals surface area contributed by atoms with E-state index in [1.165, 1.54) is 4.31 Å². The summed E-state index contributed by atoms with van der Waals surface area (Å²) in [5.74, 6) is 0.333. The third kappa shape index (κ3) is 5.33. The molecule has 1 amide bonds. The average Bonchev–Trinajstić information content (AvgIpc) is 2.36. The molecule has 0 saturated carbocycles. The normalized spacial score (nSPS) is 17.4. The molecular formula is C11H23N3O4S. The smallest absolute Gasteiger partial charge is 0.421 e. The van der Waals surface area contributed by atoms with Gasteiger partial charge in [-0.1, -0.05) is 6.92 Å². The van der Waals surface area contributed by atoms with Crippen LogP contribution in [0.15, 0.2) is 0 Å². The molecule has 112 valence electrons. The topological polar surface area (TPSA) is 87.7 Å². The Kier molecular flexibility index (Phi) is 6.53. The minimum Gasteiger partial charge on any atom is -0.449 e. The molecule has 0 atom stereocenters. The molecule has 0 aromatic rings. The summed E-state index contributed by atoms with van der Waals surface area (Å²) in [6.45, 7) is 6.11. The number of ether oxygens (including phenoxy) is 1. The first-order valence-electron chi connectivity index (χ1n) is 6.65. The SMILES string of the molecule is CCOC(=O)NS(=O)(=O)N(CC)CC1CCNCC1. The minimum atomic E-state index is -3.80. The second kappa shape index (κ2) is 7.66. The first kappa shape index (κ1) is 16.2. The summed E-state index contributed by atoms with van der Waals surface area (Å²) in [6.07, 6.45) is 0.975. The van der Waals surface area contributed by atoms with Crippen LogP contribution in [0.3, 0.4) is 0 Å². The number of nitrogens with zero attached hydrogens (tertiary/aromatic N) is 1. The van der Waals surface area contributed by atoms with E-state index >= 15 is 0 Å². The van der Waals surface area contributed by atoms with Crippen LogP contribution in [0.25, 0.3) is 0 Å². The molecule has 8 heteroatoms. The zero-order valence-electron chi connectivity index (χ0n) is 11.5. The fraction of sp³-hybridized carbons (Fsp3) is 0.909. The minimum absolute atomic E-state index is 0.141. The van der Waals surface area contributed by atoms with Crippen LogP contribution in [0, 0.1) is 5.92 Å². The molecule has 19 heavy (non-hydrogen) atoms. The van der Waals surface area contributed by atoms with Crippen molar-refractivity contribution in [1.29, 1.82) is 0 Å². The molecule has 2 N–H and O–H groups in total. The van der Waals surface area contributed by atoms with E-state index in [0.29, 0.717) is 19.0 Å². The molecule has 0 unspecified atom stereocenters. The highest BCUT2D eigenvalue weighted by atomic mass is 32.2. The Morgan fingerprint density at radius 3 is 2.53 bits per heavy atom. The maximum Gasteiger partial charge on any atom is 0.421 e. The van der Waals surface area contributed by atoms with E-state index in [-0.39, 0.29) is 6.61 Å². The van der Waals surface area contributed by atoms with E-state index < -0.39 is 16.3 Å². The van der Waals surface area contributed by atoms with Crippen molar-refractivity contribution in [3.63, 3.8) is 0 Å². The Bertz CT molecular complexity index is 379. The number of nitrogens with one attached hydrogen (secondary N) is 2. The van der Waals surface area contributed by atoms with E-state index in [1.54, 1.807) is 13.8 Å². The summed E-state index contributed by atoms with van der Waals surface area (Å²) in [5.41, 5.74) is 0. The van der Waals surface area contributed by atoms with Gasteiger partial charge in [0.05, 0.1) is 6.61 Å². The van der Waals surface area contributed by atoms with Gasteiger partial charge in [-0.15, -0.1) is 0 Å². The molecule has 1 fully saturated rings. The van der Waals surface area contributed by atoms with E-state index in [0.717, 1.165) is 25.9 Å². The second-order valence-electron chi connectivity index (χ2n) is 4.47. The van der Waals surface area contributed by atoms with Gasteiger partial charge in [0.1, 0.15) is 0 Å². The summed E-state index contributed by atoms with van der Waals surface area (Å²) >= 11 is 0. The monoisotopic (exact) mass is 293 g/mol. The van der Waals surface area contributed by atoms with Gasteiger partial charge in [-0.05, 0) is 38.8 Å². The fourth-order valence-corrected chi connectivity index (χ4v) is 3.23. The van der Waals surface area contributed by atoms with Crippen LogP contribution < -0.4 is 10.0 Å². The number of carbonyl (C=O) groups excluding carboxylic acids is 1. The van der Waals surface area contributed by atoms with E-state index in [4.69, 9.17) is 0 Å². The summed E-state index contributed by atoms with van der Waals surface area (Å²) in [4.78, 5) is 11.2. The summed E-state index contributed by atoms with van der Waals surface area (Å²) in [7, 11) is -3.80. The average molecular weight is 293 g/mol. The lowest BCUT2D eigenvalue weighted by atomic mass is 9.98. The van der Waals surface area contributed by atoms with Gasteiger partial charge in [0.15, 0.2) is 0 Å². The third-order valence-corrected chi connectivity index (χ3v) is 4.61. The van der Waals surface area contributed by atoms with Crippen LogP contribution in [0.5, 0.6) is 0 Å². The number of piperidine rings is 1. The Hall–Kier alpha value is -0.860. The number of hydrogen-bond donors (Lipinski definition) is 2. The number of amides is 1. The van der Waals surface area contributed by atoms with Crippen molar-refractivity contribution >= 4 is 16.3 Å². The van der Waals surface area contributed by atoms with Gasteiger partial charge < -0.3 is 10.1 Å². The molecule has 7 nitrogen and oxygen atoms in total. The molecule has 0 aromatic heterocycles. The molecule has 1 rings (SSSR count). The quantitative estimate of drug-likeness (QED) is 0.735. The van der Waals surface area contributed by atoms with E-state index in [1.807, 2.05) is 4.72 Å². The maximum absolute atomic E-state index is 12.0. The Morgan fingerprint density at radius 1 is 1.37 bits per heavy atom. The molecule has 1 aliphatic rings. The van der Waals surface area contributed by atoms with Gasteiger partial charge in [-0.2, -0.15) is 12.7 Å². The van der Waals surface area contributed by atoms with Crippen LogP contribution in [-0.4, -0.2) is 51.6 Å². The molecule has 1 aliphatic heterocycles. The van der Waals surface area contributed by atoms with Crippen molar-refractivity contribution in [1.82, 2.24) is 14.3 Å². The molecule has 1 saturated heterocycles. The Balaban J connectivity index is 2.58. The van der Waals surface area contributed by atoms with Gasteiger partial charge in [0, 0.05) is 13.1 Å². The lowest BCUT2D eigenvalue weighted by molar-refractivity contribution is 0.157. The largest absolute Gasteiger partial charge is 0.449 e. The first-order chi connectivity index (χ1) is 8.99. The summed E-state index contributed by atoms with van der Waals surface area (Å²) < 4.78 is 31.8. The van der Waals surface area contributed by atoms with Crippen molar-refractivity contribution in [3.8, 4) is 0 Å².